The maximum atomic E-state index is 3.59. The van der Waals surface area contributed by atoms with Crippen LogP contribution in [0.1, 0.15) is 53.9 Å². The Labute approximate surface area is 108 Å². The van der Waals surface area contributed by atoms with Crippen molar-refractivity contribution in [1.82, 2.24) is 10.2 Å². The third kappa shape index (κ3) is 7.77. The van der Waals surface area contributed by atoms with Crippen molar-refractivity contribution in [3.05, 3.63) is 0 Å². The highest BCUT2D eigenvalue weighted by atomic mass is 15.2. The topological polar surface area (TPSA) is 15.3 Å². The molecule has 0 atom stereocenters. The number of hydrogen-bond acceptors (Lipinski definition) is 2. The molecule has 0 saturated heterocycles. The van der Waals surface area contributed by atoms with Gasteiger partial charge in [0.2, 0.25) is 0 Å². The second kappa shape index (κ2) is 6.75. The van der Waals surface area contributed by atoms with E-state index >= 15 is 0 Å². The van der Waals surface area contributed by atoms with E-state index in [4.69, 9.17) is 0 Å². The van der Waals surface area contributed by atoms with E-state index < -0.39 is 0 Å². The van der Waals surface area contributed by atoms with Crippen LogP contribution >= 0.6 is 0 Å². The summed E-state index contributed by atoms with van der Waals surface area (Å²) in [5, 5.41) is 3.59. The van der Waals surface area contributed by atoms with Crippen molar-refractivity contribution < 1.29 is 0 Å². The fourth-order valence-corrected chi connectivity index (χ4v) is 2.14. The first-order chi connectivity index (χ1) is 7.88. The third-order valence-corrected chi connectivity index (χ3v) is 3.29. The van der Waals surface area contributed by atoms with Crippen molar-refractivity contribution in [3.8, 4) is 0 Å². The SMILES string of the molecule is CC(C)CN(CCNCCC(C)(C)C)C1CC1. The summed E-state index contributed by atoms with van der Waals surface area (Å²) in [7, 11) is 0. The molecule has 1 saturated carbocycles. The summed E-state index contributed by atoms with van der Waals surface area (Å²) in [6, 6.07) is 0.904. The molecule has 0 radical (unpaired) electrons. The van der Waals surface area contributed by atoms with Crippen LogP contribution in [0.4, 0.5) is 0 Å². The molecule has 2 heteroatoms. The molecule has 1 fully saturated rings. The normalized spacial score (nSPS) is 17.1. The monoisotopic (exact) mass is 240 g/mol. The van der Waals surface area contributed by atoms with Crippen LogP contribution < -0.4 is 5.32 Å². The van der Waals surface area contributed by atoms with Crippen LogP contribution in [-0.2, 0) is 0 Å². The summed E-state index contributed by atoms with van der Waals surface area (Å²) in [6.45, 7) is 16.4. The molecule has 0 bridgehead atoms. The van der Waals surface area contributed by atoms with E-state index in [1.807, 2.05) is 0 Å². The summed E-state index contributed by atoms with van der Waals surface area (Å²) in [5.41, 5.74) is 0.459. The lowest BCUT2D eigenvalue weighted by atomic mass is 9.92. The Morgan fingerprint density at radius 1 is 1.18 bits per heavy atom. The highest BCUT2D eigenvalue weighted by Gasteiger charge is 2.28. The van der Waals surface area contributed by atoms with Crippen molar-refractivity contribution in [2.75, 3.05) is 26.2 Å². The molecule has 17 heavy (non-hydrogen) atoms. The Kier molecular flexibility index (Phi) is 5.94. The molecule has 1 N–H and O–H groups in total. The van der Waals surface area contributed by atoms with Gasteiger partial charge in [0.25, 0.3) is 0 Å². The highest BCUT2D eigenvalue weighted by Crippen LogP contribution is 2.27. The lowest BCUT2D eigenvalue weighted by Crippen LogP contribution is -2.36. The average Bonchev–Trinajstić information content (AvgIpc) is 2.96. The van der Waals surface area contributed by atoms with Gasteiger partial charge in [-0.05, 0) is 37.1 Å². The van der Waals surface area contributed by atoms with Gasteiger partial charge in [-0.1, -0.05) is 34.6 Å². The van der Waals surface area contributed by atoms with Gasteiger partial charge in [0, 0.05) is 25.7 Å². The molecule has 0 heterocycles. The molecule has 0 spiro atoms. The van der Waals surface area contributed by atoms with Gasteiger partial charge in [-0.15, -0.1) is 0 Å². The van der Waals surface area contributed by atoms with Gasteiger partial charge in [0.1, 0.15) is 0 Å². The smallest absolute Gasteiger partial charge is 0.0110 e. The van der Waals surface area contributed by atoms with E-state index in [0.29, 0.717) is 5.41 Å². The van der Waals surface area contributed by atoms with Gasteiger partial charge >= 0.3 is 0 Å². The van der Waals surface area contributed by atoms with Crippen LogP contribution in [0.15, 0.2) is 0 Å². The van der Waals surface area contributed by atoms with Crippen LogP contribution in [0, 0.1) is 11.3 Å². The van der Waals surface area contributed by atoms with E-state index in [2.05, 4.69) is 44.8 Å². The summed E-state index contributed by atoms with van der Waals surface area (Å²) in [6.07, 6.45) is 4.12. The predicted molar refractivity (Wildman–Crippen MR) is 76.4 cm³/mol. The minimum absolute atomic E-state index is 0.459. The second-order valence-corrected chi connectivity index (χ2v) is 7.18. The number of nitrogens with one attached hydrogen (secondary N) is 1. The molecule has 0 unspecified atom stereocenters. The molecular weight excluding hydrogens is 208 g/mol. The zero-order chi connectivity index (χ0) is 12.9. The van der Waals surface area contributed by atoms with Crippen LogP contribution in [0.2, 0.25) is 0 Å². The predicted octanol–water partition coefficient (Wildman–Crippen LogP) is 3.13. The Morgan fingerprint density at radius 3 is 2.29 bits per heavy atom. The maximum absolute atomic E-state index is 3.59. The molecule has 0 amide bonds. The van der Waals surface area contributed by atoms with E-state index in [9.17, 15) is 0 Å². The van der Waals surface area contributed by atoms with Crippen LogP contribution in [0.3, 0.4) is 0 Å². The van der Waals surface area contributed by atoms with Crippen molar-refractivity contribution in [3.63, 3.8) is 0 Å². The standard InChI is InChI=1S/C15H32N2/c1-13(2)12-17(14-6-7-14)11-10-16-9-8-15(3,4)5/h13-14,16H,6-12H2,1-5H3. The molecule has 0 aromatic heterocycles. The van der Waals surface area contributed by atoms with E-state index in [-0.39, 0.29) is 0 Å². The molecular formula is C15H32N2. The van der Waals surface area contributed by atoms with Crippen LogP contribution in [-0.4, -0.2) is 37.1 Å². The Hall–Kier alpha value is -0.0800. The van der Waals surface area contributed by atoms with Crippen LogP contribution in [0.25, 0.3) is 0 Å². The van der Waals surface area contributed by atoms with E-state index in [1.54, 1.807) is 0 Å². The number of hydrogen-bond donors (Lipinski definition) is 1. The molecule has 102 valence electrons. The maximum Gasteiger partial charge on any atom is 0.0110 e. The molecule has 2 nitrogen and oxygen atoms in total. The Balaban J connectivity index is 2.06. The lowest BCUT2D eigenvalue weighted by Gasteiger charge is -2.24. The van der Waals surface area contributed by atoms with Gasteiger partial charge in [-0.2, -0.15) is 0 Å². The van der Waals surface area contributed by atoms with Gasteiger partial charge in [0.15, 0.2) is 0 Å². The van der Waals surface area contributed by atoms with Gasteiger partial charge in [0.05, 0.1) is 0 Å². The van der Waals surface area contributed by atoms with Crippen molar-refractivity contribution in [1.29, 1.82) is 0 Å². The van der Waals surface area contributed by atoms with Gasteiger partial charge < -0.3 is 5.32 Å². The molecule has 0 aromatic carbocycles. The first-order valence-corrected chi connectivity index (χ1v) is 7.33. The molecule has 1 aliphatic rings. The number of nitrogens with zero attached hydrogens (tertiary/aromatic N) is 1. The summed E-state index contributed by atoms with van der Waals surface area (Å²) >= 11 is 0. The van der Waals surface area contributed by atoms with Crippen molar-refractivity contribution >= 4 is 0 Å². The third-order valence-electron chi connectivity index (χ3n) is 3.29. The van der Waals surface area contributed by atoms with E-state index in [0.717, 1.165) is 25.0 Å². The summed E-state index contributed by atoms with van der Waals surface area (Å²) in [5.74, 6) is 0.796. The quantitative estimate of drug-likeness (QED) is 0.656. The molecule has 0 aromatic rings. The van der Waals surface area contributed by atoms with Gasteiger partial charge in [-0.25, -0.2) is 0 Å². The first-order valence-electron chi connectivity index (χ1n) is 7.33. The molecule has 0 aliphatic heterocycles. The lowest BCUT2D eigenvalue weighted by molar-refractivity contribution is 0.233. The Bertz CT molecular complexity index is 201. The zero-order valence-corrected chi connectivity index (χ0v) is 12.6. The first kappa shape index (κ1) is 15.0. The number of rotatable bonds is 8. The highest BCUT2D eigenvalue weighted by molar-refractivity contribution is 4.85. The second-order valence-electron chi connectivity index (χ2n) is 7.18. The Morgan fingerprint density at radius 2 is 1.82 bits per heavy atom. The minimum Gasteiger partial charge on any atom is -0.315 e. The fraction of sp³-hybridized carbons (Fsp3) is 1.00. The average molecular weight is 240 g/mol. The van der Waals surface area contributed by atoms with Crippen molar-refractivity contribution in [2.24, 2.45) is 11.3 Å². The van der Waals surface area contributed by atoms with Crippen molar-refractivity contribution in [2.45, 2.75) is 59.9 Å². The van der Waals surface area contributed by atoms with Gasteiger partial charge in [-0.3, -0.25) is 4.90 Å². The largest absolute Gasteiger partial charge is 0.315 e. The summed E-state index contributed by atoms with van der Waals surface area (Å²) < 4.78 is 0. The molecule has 1 rings (SSSR count). The fourth-order valence-electron chi connectivity index (χ4n) is 2.14. The van der Waals surface area contributed by atoms with Crippen LogP contribution in [0.5, 0.6) is 0 Å². The zero-order valence-electron chi connectivity index (χ0n) is 12.6. The van der Waals surface area contributed by atoms with E-state index in [1.165, 1.54) is 32.4 Å². The summed E-state index contributed by atoms with van der Waals surface area (Å²) in [4.78, 5) is 2.68. The molecule has 1 aliphatic carbocycles. The minimum atomic E-state index is 0.459.